The van der Waals surface area contributed by atoms with Gasteiger partial charge in [0, 0.05) is 10.2 Å². The van der Waals surface area contributed by atoms with Crippen LogP contribution in [0, 0.1) is 5.82 Å². The minimum absolute atomic E-state index is 0.0622. The highest BCUT2D eigenvalue weighted by Crippen LogP contribution is 2.17. The summed E-state index contributed by atoms with van der Waals surface area (Å²) in [6, 6.07) is 10.5. The number of nitrogens with one attached hydrogen (secondary N) is 1. The molecule has 0 aliphatic heterocycles. The number of carboxylic acid groups (broad SMARTS) is 1. The predicted octanol–water partition coefficient (Wildman–Crippen LogP) is 3.47. The number of hydrogen-bond donors (Lipinski definition) is 2. The zero-order valence-electron chi connectivity index (χ0n) is 10.8. The van der Waals surface area contributed by atoms with Gasteiger partial charge in [0.2, 0.25) is 0 Å². The number of anilines is 1. The van der Waals surface area contributed by atoms with Crippen molar-refractivity contribution >= 4 is 33.5 Å². The molecule has 2 rings (SSSR count). The lowest BCUT2D eigenvalue weighted by atomic mass is 10.1. The monoisotopic (exact) mass is 351 g/mol. The second kappa shape index (κ2) is 6.49. The Kier molecular flexibility index (Phi) is 4.70. The van der Waals surface area contributed by atoms with E-state index >= 15 is 0 Å². The number of carboxylic acids is 1. The second-order valence-electron chi connectivity index (χ2n) is 4.35. The molecule has 6 heteroatoms. The standard InChI is InChI=1S/C15H11BrFNO3/c16-10-3-6-12(13(17)8-10)15(21)18-11-4-1-9(2-5-11)7-14(19)20/h1-6,8H,7H2,(H,18,21)(H,19,20). The number of halogens is 2. The minimum atomic E-state index is -0.927. The first-order valence-electron chi connectivity index (χ1n) is 6.03. The van der Waals surface area contributed by atoms with Gasteiger partial charge in [-0.1, -0.05) is 28.1 Å². The summed E-state index contributed by atoms with van der Waals surface area (Å²) >= 11 is 3.12. The topological polar surface area (TPSA) is 66.4 Å². The van der Waals surface area contributed by atoms with Crippen molar-refractivity contribution in [2.75, 3.05) is 5.32 Å². The van der Waals surface area contributed by atoms with Crippen LogP contribution < -0.4 is 5.32 Å². The summed E-state index contributed by atoms with van der Waals surface area (Å²) in [7, 11) is 0. The number of carbonyl (C=O) groups excluding carboxylic acids is 1. The lowest BCUT2D eigenvalue weighted by molar-refractivity contribution is -0.136. The van der Waals surface area contributed by atoms with Gasteiger partial charge in [-0.2, -0.15) is 0 Å². The van der Waals surface area contributed by atoms with Gasteiger partial charge in [-0.3, -0.25) is 9.59 Å². The maximum Gasteiger partial charge on any atom is 0.307 e. The minimum Gasteiger partial charge on any atom is -0.481 e. The van der Waals surface area contributed by atoms with Gasteiger partial charge in [-0.05, 0) is 35.9 Å². The van der Waals surface area contributed by atoms with Gasteiger partial charge in [0.05, 0.1) is 12.0 Å². The van der Waals surface area contributed by atoms with Crippen molar-refractivity contribution in [3.63, 3.8) is 0 Å². The number of benzene rings is 2. The highest BCUT2D eigenvalue weighted by Gasteiger charge is 2.12. The third-order valence-corrected chi connectivity index (χ3v) is 3.24. The van der Waals surface area contributed by atoms with Crippen molar-refractivity contribution in [2.24, 2.45) is 0 Å². The maximum atomic E-state index is 13.7. The lowest BCUT2D eigenvalue weighted by Crippen LogP contribution is -2.13. The van der Waals surface area contributed by atoms with Crippen LogP contribution >= 0.6 is 15.9 Å². The highest BCUT2D eigenvalue weighted by molar-refractivity contribution is 9.10. The van der Waals surface area contributed by atoms with Crippen molar-refractivity contribution in [1.29, 1.82) is 0 Å². The number of carbonyl (C=O) groups is 2. The first-order valence-corrected chi connectivity index (χ1v) is 6.82. The van der Waals surface area contributed by atoms with Gasteiger partial charge >= 0.3 is 5.97 Å². The van der Waals surface area contributed by atoms with Crippen LogP contribution in [0.15, 0.2) is 46.9 Å². The molecule has 1 amide bonds. The zero-order chi connectivity index (χ0) is 15.4. The smallest absolute Gasteiger partial charge is 0.307 e. The fourth-order valence-electron chi connectivity index (χ4n) is 1.75. The van der Waals surface area contributed by atoms with Crippen LogP contribution in [0.1, 0.15) is 15.9 Å². The molecule has 2 aromatic rings. The average Bonchev–Trinajstić information content (AvgIpc) is 2.40. The number of rotatable bonds is 4. The van der Waals surface area contributed by atoms with Gasteiger partial charge in [-0.15, -0.1) is 0 Å². The fourth-order valence-corrected chi connectivity index (χ4v) is 2.09. The SMILES string of the molecule is O=C(O)Cc1ccc(NC(=O)c2ccc(Br)cc2F)cc1. The molecule has 0 aromatic heterocycles. The molecule has 0 aliphatic rings. The van der Waals surface area contributed by atoms with E-state index in [0.717, 1.165) is 0 Å². The summed E-state index contributed by atoms with van der Waals surface area (Å²) in [5, 5.41) is 11.2. The molecule has 2 N–H and O–H groups in total. The lowest BCUT2D eigenvalue weighted by Gasteiger charge is -2.07. The molecular formula is C15H11BrFNO3. The van der Waals surface area contributed by atoms with Gasteiger partial charge in [0.25, 0.3) is 5.91 Å². The van der Waals surface area contributed by atoms with Crippen LogP contribution in [0.2, 0.25) is 0 Å². The average molecular weight is 352 g/mol. The molecular weight excluding hydrogens is 341 g/mol. The third kappa shape index (κ3) is 4.13. The molecule has 2 aromatic carbocycles. The third-order valence-electron chi connectivity index (χ3n) is 2.74. The van der Waals surface area contributed by atoms with Crippen molar-refractivity contribution in [3.05, 3.63) is 63.9 Å². The largest absolute Gasteiger partial charge is 0.481 e. The fraction of sp³-hybridized carbons (Fsp3) is 0.0667. The Bertz CT molecular complexity index is 686. The maximum absolute atomic E-state index is 13.7. The molecule has 0 aliphatic carbocycles. The van der Waals surface area contributed by atoms with Gasteiger partial charge in [-0.25, -0.2) is 4.39 Å². The summed E-state index contributed by atoms with van der Waals surface area (Å²) in [4.78, 5) is 22.5. The summed E-state index contributed by atoms with van der Waals surface area (Å²) in [6.45, 7) is 0. The molecule has 0 spiro atoms. The molecule has 0 fully saturated rings. The Labute approximate surface area is 128 Å². The summed E-state index contributed by atoms with van der Waals surface area (Å²) in [5.41, 5.74) is 1.03. The first kappa shape index (κ1) is 15.2. The number of hydrogen-bond acceptors (Lipinski definition) is 2. The Morgan fingerprint density at radius 2 is 1.81 bits per heavy atom. The Balaban J connectivity index is 2.10. The number of aliphatic carboxylic acids is 1. The van der Waals surface area contributed by atoms with Gasteiger partial charge < -0.3 is 10.4 Å². The summed E-state index contributed by atoms with van der Waals surface area (Å²) in [5.74, 6) is -2.11. The molecule has 0 radical (unpaired) electrons. The van der Waals surface area contributed by atoms with E-state index in [2.05, 4.69) is 21.2 Å². The summed E-state index contributed by atoms with van der Waals surface area (Å²) in [6.07, 6.45) is -0.0877. The van der Waals surface area contributed by atoms with Crippen LogP contribution in [0.5, 0.6) is 0 Å². The van der Waals surface area contributed by atoms with Crippen LogP contribution in [0.4, 0.5) is 10.1 Å². The Morgan fingerprint density at radius 3 is 2.38 bits per heavy atom. The van der Waals surface area contributed by atoms with Gasteiger partial charge in [0.15, 0.2) is 0 Å². The first-order chi connectivity index (χ1) is 9.95. The second-order valence-corrected chi connectivity index (χ2v) is 5.26. The highest BCUT2D eigenvalue weighted by atomic mass is 79.9. The Morgan fingerprint density at radius 1 is 1.14 bits per heavy atom. The van der Waals surface area contributed by atoms with E-state index in [-0.39, 0.29) is 12.0 Å². The zero-order valence-corrected chi connectivity index (χ0v) is 12.4. The van der Waals surface area contributed by atoms with E-state index in [1.165, 1.54) is 12.1 Å². The number of amides is 1. The molecule has 0 unspecified atom stereocenters. The van der Waals surface area contributed by atoms with Crippen molar-refractivity contribution in [3.8, 4) is 0 Å². The van der Waals surface area contributed by atoms with Crippen molar-refractivity contribution < 1.29 is 19.1 Å². The van der Waals surface area contributed by atoms with Crippen molar-refractivity contribution in [1.82, 2.24) is 0 Å². The predicted molar refractivity (Wildman–Crippen MR) is 79.8 cm³/mol. The normalized spacial score (nSPS) is 10.2. The van der Waals surface area contributed by atoms with E-state index in [1.54, 1.807) is 30.3 Å². The molecule has 0 heterocycles. The Hall–Kier alpha value is -2.21. The van der Waals surface area contributed by atoms with Crippen LogP contribution in [0.3, 0.4) is 0 Å². The van der Waals surface area contributed by atoms with Gasteiger partial charge in [0.1, 0.15) is 5.82 Å². The molecule has 108 valence electrons. The molecule has 21 heavy (non-hydrogen) atoms. The van der Waals surface area contributed by atoms with Crippen LogP contribution in [-0.4, -0.2) is 17.0 Å². The van der Waals surface area contributed by atoms with Crippen molar-refractivity contribution in [2.45, 2.75) is 6.42 Å². The van der Waals surface area contributed by atoms with E-state index < -0.39 is 17.7 Å². The van der Waals surface area contributed by atoms with E-state index in [4.69, 9.17) is 5.11 Å². The molecule has 0 atom stereocenters. The quantitative estimate of drug-likeness (QED) is 0.886. The molecule has 4 nitrogen and oxygen atoms in total. The van der Waals surface area contributed by atoms with Crippen LogP contribution in [-0.2, 0) is 11.2 Å². The van der Waals surface area contributed by atoms with E-state index in [9.17, 15) is 14.0 Å². The van der Waals surface area contributed by atoms with Crippen LogP contribution in [0.25, 0.3) is 0 Å². The van der Waals surface area contributed by atoms with E-state index in [1.807, 2.05) is 0 Å². The van der Waals surface area contributed by atoms with E-state index in [0.29, 0.717) is 15.7 Å². The molecule has 0 saturated carbocycles. The molecule has 0 saturated heterocycles. The summed E-state index contributed by atoms with van der Waals surface area (Å²) < 4.78 is 14.2. The molecule has 0 bridgehead atoms.